The van der Waals surface area contributed by atoms with Gasteiger partial charge in [-0.1, -0.05) is 23.4 Å². The number of hydrogen-bond donors (Lipinski definition) is 0. The van der Waals surface area contributed by atoms with Gasteiger partial charge in [0.1, 0.15) is 0 Å². The minimum atomic E-state index is 0. The van der Waals surface area contributed by atoms with Gasteiger partial charge in [0.05, 0.1) is 6.21 Å². The predicted octanol–water partition coefficient (Wildman–Crippen LogP) is 1.96. The van der Waals surface area contributed by atoms with Gasteiger partial charge >= 0.3 is 0 Å². The summed E-state index contributed by atoms with van der Waals surface area (Å²) in [6, 6.07) is 7.77. The molecule has 60 valence electrons. The number of allylic oxidation sites excluding steroid dienone is 1. The first-order chi connectivity index (χ1) is 5.47. The van der Waals surface area contributed by atoms with E-state index in [0.29, 0.717) is 0 Å². The molecule has 12 heavy (non-hydrogen) atoms. The first-order valence-electron chi connectivity index (χ1n) is 3.43. The van der Waals surface area contributed by atoms with Gasteiger partial charge < -0.3 is 4.84 Å². The highest BCUT2D eigenvalue weighted by Crippen LogP contribution is 2.20. The van der Waals surface area contributed by atoms with Crippen molar-refractivity contribution in [1.82, 2.24) is 0 Å². The maximum Gasteiger partial charge on any atom is 0.165 e. The standard InChI is InChI=1S/C9H7NO.O/c1-2-6-9-8(4-1)5-3-7-10-11-9;/h1-7H;. The zero-order valence-corrected chi connectivity index (χ0v) is 6.31. The van der Waals surface area contributed by atoms with E-state index in [0.717, 1.165) is 11.3 Å². The summed E-state index contributed by atoms with van der Waals surface area (Å²) < 4.78 is 0. The lowest BCUT2D eigenvalue weighted by Crippen LogP contribution is -1.82. The van der Waals surface area contributed by atoms with Gasteiger partial charge in [0.2, 0.25) is 0 Å². The van der Waals surface area contributed by atoms with Crippen LogP contribution in [0.1, 0.15) is 5.56 Å². The van der Waals surface area contributed by atoms with Crippen LogP contribution in [0.4, 0.5) is 0 Å². The molecule has 3 heteroatoms. The molecular formula is C9H7NO2. The maximum atomic E-state index is 5.06. The van der Waals surface area contributed by atoms with Crippen molar-refractivity contribution in [3.05, 3.63) is 35.9 Å². The molecule has 0 spiro atoms. The molecule has 1 aromatic rings. The van der Waals surface area contributed by atoms with Crippen molar-refractivity contribution in [3.8, 4) is 5.75 Å². The van der Waals surface area contributed by atoms with Crippen molar-refractivity contribution < 1.29 is 10.3 Å². The van der Waals surface area contributed by atoms with Crippen LogP contribution in [0.3, 0.4) is 0 Å². The molecule has 0 aromatic heterocycles. The monoisotopic (exact) mass is 161 g/mol. The Hall–Kier alpha value is -1.61. The molecule has 0 unspecified atom stereocenters. The molecule has 1 aliphatic heterocycles. The van der Waals surface area contributed by atoms with Crippen molar-refractivity contribution in [2.45, 2.75) is 0 Å². The Morgan fingerprint density at radius 2 is 2.00 bits per heavy atom. The molecule has 1 aliphatic rings. The number of hydrogen-bond acceptors (Lipinski definition) is 2. The summed E-state index contributed by atoms with van der Waals surface area (Å²) >= 11 is 0. The van der Waals surface area contributed by atoms with Gasteiger partial charge in [-0.3, -0.25) is 0 Å². The molecule has 3 nitrogen and oxygen atoms in total. The van der Waals surface area contributed by atoms with Gasteiger partial charge in [-0.05, 0) is 18.2 Å². The third-order valence-electron chi connectivity index (χ3n) is 1.49. The molecule has 0 saturated heterocycles. The molecule has 0 fully saturated rings. The highest BCUT2D eigenvalue weighted by molar-refractivity contribution is 5.80. The van der Waals surface area contributed by atoms with Gasteiger partial charge in [0, 0.05) is 11.0 Å². The molecule has 2 radical (unpaired) electrons. The van der Waals surface area contributed by atoms with Crippen molar-refractivity contribution in [2.75, 3.05) is 0 Å². The first kappa shape index (κ1) is 8.49. The zero-order valence-electron chi connectivity index (χ0n) is 6.31. The summed E-state index contributed by atoms with van der Waals surface area (Å²) in [6.07, 6.45) is 5.44. The second-order valence-electron chi connectivity index (χ2n) is 2.24. The van der Waals surface area contributed by atoms with E-state index in [-0.39, 0.29) is 5.48 Å². The summed E-state index contributed by atoms with van der Waals surface area (Å²) in [5.41, 5.74) is 1.06. The Balaban J connectivity index is 0.000000720. The fourth-order valence-electron chi connectivity index (χ4n) is 0.970. The highest BCUT2D eigenvalue weighted by Gasteiger charge is 1.99. The Kier molecular flexibility index (Phi) is 2.61. The predicted molar refractivity (Wildman–Crippen MR) is 45.3 cm³/mol. The first-order valence-corrected chi connectivity index (χ1v) is 3.43. The lowest BCUT2D eigenvalue weighted by molar-refractivity contribution is 0.344. The molecule has 1 heterocycles. The second-order valence-corrected chi connectivity index (χ2v) is 2.24. The lowest BCUT2D eigenvalue weighted by Gasteiger charge is -1.98. The van der Waals surface area contributed by atoms with Crippen molar-refractivity contribution >= 4 is 12.3 Å². The van der Waals surface area contributed by atoms with Crippen molar-refractivity contribution in [3.63, 3.8) is 0 Å². The smallest absolute Gasteiger partial charge is 0.165 e. The average molecular weight is 161 g/mol. The highest BCUT2D eigenvalue weighted by atomic mass is 16.6. The SMILES string of the molecule is C1=Cc2ccccc2ON=C1.[O]. The van der Waals surface area contributed by atoms with E-state index in [1.54, 1.807) is 6.21 Å². The fraction of sp³-hybridized carbons (Fsp3) is 0. The topological polar surface area (TPSA) is 50.1 Å². The van der Waals surface area contributed by atoms with E-state index in [4.69, 9.17) is 4.84 Å². The van der Waals surface area contributed by atoms with Crippen LogP contribution in [0.5, 0.6) is 5.75 Å². The van der Waals surface area contributed by atoms with Gasteiger partial charge in [-0.15, -0.1) is 0 Å². The largest absolute Gasteiger partial charge is 0.356 e. The van der Waals surface area contributed by atoms with Gasteiger partial charge in [0.15, 0.2) is 5.75 Å². The van der Waals surface area contributed by atoms with E-state index < -0.39 is 0 Å². The molecule has 1 aromatic carbocycles. The molecule has 0 aliphatic carbocycles. The van der Waals surface area contributed by atoms with Crippen LogP contribution < -0.4 is 4.84 Å². The molecule has 0 amide bonds. The van der Waals surface area contributed by atoms with Gasteiger partial charge in [0.25, 0.3) is 0 Å². The zero-order chi connectivity index (χ0) is 7.52. The van der Waals surface area contributed by atoms with Gasteiger partial charge in [-0.25, -0.2) is 0 Å². The Morgan fingerprint density at radius 3 is 2.92 bits per heavy atom. The molecule has 0 N–H and O–H groups in total. The number of para-hydroxylation sites is 1. The Bertz CT molecular complexity index is 318. The van der Waals surface area contributed by atoms with E-state index in [1.165, 1.54) is 0 Å². The molecule has 0 atom stereocenters. The van der Waals surface area contributed by atoms with Crippen molar-refractivity contribution in [1.29, 1.82) is 0 Å². The minimum absolute atomic E-state index is 0. The number of oxime groups is 1. The van der Waals surface area contributed by atoms with E-state index >= 15 is 0 Å². The van der Waals surface area contributed by atoms with E-state index in [1.807, 2.05) is 36.4 Å². The molecular weight excluding hydrogens is 154 g/mol. The van der Waals surface area contributed by atoms with E-state index in [2.05, 4.69) is 5.16 Å². The van der Waals surface area contributed by atoms with Crippen molar-refractivity contribution in [2.24, 2.45) is 5.16 Å². The average Bonchev–Trinajstić information content (AvgIpc) is 2.28. The number of benzene rings is 1. The Labute approximate surface area is 70.3 Å². The summed E-state index contributed by atoms with van der Waals surface area (Å²) in [4.78, 5) is 5.06. The van der Waals surface area contributed by atoms with Crippen LogP contribution in [0.15, 0.2) is 35.5 Å². The van der Waals surface area contributed by atoms with Crippen LogP contribution in [0.25, 0.3) is 6.08 Å². The molecule has 0 bridgehead atoms. The Morgan fingerprint density at radius 1 is 1.17 bits per heavy atom. The van der Waals surface area contributed by atoms with E-state index in [9.17, 15) is 0 Å². The summed E-state index contributed by atoms with van der Waals surface area (Å²) in [5.74, 6) is 0.803. The number of rotatable bonds is 0. The fourth-order valence-corrected chi connectivity index (χ4v) is 0.970. The van der Waals surface area contributed by atoms with Crippen LogP contribution >= 0.6 is 0 Å². The quantitative estimate of drug-likeness (QED) is 0.573. The molecule has 0 saturated carbocycles. The van der Waals surface area contributed by atoms with Crippen LogP contribution in [-0.4, -0.2) is 6.21 Å². The van der Waals surface area contributed by atoms with Crippen LogP contribution in [0.2, 0.25) is 0 Å². The van der Waals surface area contributed by atoms with Crippen LogP contribution in [-0.2, 0) is 5.48 Å². The maximum absolute atomic E-state index is 5.06. The number of fused-ring (bicyclic) bond motifs is 1. The minimum Gasteiger partial charge on any atom is -0.356 e. The number of nitrogens with zero attached hydrogens (tertiary/aromatic N) is 1. The third kappa shape index (κ3) is 1.52. The summed E-state index contributed by atoms with van der Waals surface area (Å²) in [7, 11) is 0. The summed E-state index contributed by atoms with van der Waals surface area (Å²) in [6.45, 7) is 0. The van der Waals surface area contributed by atoms with Gasteiger partial charge in [-0.2, -0.15) is 0 Å². The second kappa shape index (κ2) is 3.69. The normalized spacial score (nSPS) is 12.3. The third-order valence-corrected chi connectivity index (χ3v) is 1.49. The molecule has 2 rings (SSSR count). The van der Waals surface area contributed by atoms with Crippen LogP contribution in [0, 0.1) is 0 Å². The summed E-state index contributed by atoms with van der Waals surface area (Å²) in [5, 5.41) is 3.70. The lowest BCUT2D eigenvalue weighted by atomic mass is 10.2.